The number of nitrogens with zero attached hydrogens (tertiary/aromatic N) is 5. The molecule has 0 bridgehead atoms. The van der Waals surface area contributed by atoms with Crippen molar-refractivity contribution in [2.75, 3.05) is 18.0 Å². The molecule has 1 amide bonds. The molecule has 0 saturated carbocycles. The molecule has 0 radical (unpaired) electrons. The van der Waals surface area contributed by atoms with Crippen molar-refractivity contribution in [1.82, 2.24) is 14.5 Å². The number of guanidine groups is 1. The quantitative estimate of drug-likeness (QED) is 0.678. The number of fused-ring (bicyclic) bond motifs is 3. The summed E-state index contributed by atoms with van der Waals surface area (Å²) in [4.78, 5) is 26.7. The Morgan fingerprint density at radius 3 is 2.38 bits per heavy atom. The van der Waals surface area contributed by atoms with Crippen molar-refractivity contribution in [3.63, 3.8) is 0 Å². The zero-order chi connectivity index (χ0) is 19.8. The van der Waals surface area contributed by atoms with Crippen LogP contribution in [0.3, 0.4) is 0 Å². The highest BCUT2D eigenvalue weighted by Gasteiger charge is 2.42. The molecule has 0 fully saturated rings. The molecule has 0 aliphatic carbocycles. The van der Waals surface area contributed by atoms with Crippen molar-refractivity contribution >= 4 is 17.7 Å². The van der Waals surface area contributed by atoms with Crippen molar-refractivity contribution in [2.45, 2.75) is 25.9 Å². The summed E-state index contributed by atoms with van der Waals surface area (Å²) in [6.07, 6.45) is 2.63. The Kier molecular flexibility index (Phi) is 4.39. The fourth-order valence-corrected chi connectivity index (χ4v) is 4.15. The third-order valence-corrected chi connectivity index (χ3v) is 5.52. The van der Waals surface area contributed by atoms with Gasteiger partial charge in [0.25, 0.3) is 5.91 Å². The average molecular weight is 385 g/mol. The Morgan fingerprint density at radius 1 is 1.00 bits per heavy atom. The van der Waals surface area contributed by atoms with Crippen LogP contribution >= 0.6 is 0 Å². The van der Waals surface area contributed by atoms with Crippen LogP contribution in [-0.2, 0) is 13.0 Å². The summed E-state index contributed by atoms with van der Waals surface area (Å²) >= 11 is 0. The van der Waals surface area contributed by atoms with E-state index in [-0.39, 0.29) is 11.9 Å². The molecule has 1 atom stereocenters. The molecule has 3 aromatic rings. The number of imidazole rings is 1. The van der Waals surface area contributed by atoms with Crippen LogP contribution in [0.15, 0.2) is 72.0 Å². The van der Waals surface area contributed by atoms with Gasteiger partial charge in [0.1, 0.15) is 0 Å². The van der Waals surface area contributed by atoms with E-state index >= 15 is 0 Å². The first kappa shape index (κ1) is 17.7. The molecule has 0 saturated heterocycles. The van der Waals surface area contributed by atoms with Gasteiger partial charge in [-0.15, -0.1) is 0 Å². The molecule has 2 aromatic carbocycles. The van der Waals surface area contributed by atoms with Crippen LogP contribution in [0.5, 0.6) is 0 Å². The van der Waals surface area contributed by atoms with E-state index in [9.17, 15) is 4.79 Å². The molecule has 29 heavy (non-hydrogen) atoms. The molecule has 0 N–H and O–H groups in total. The molecule has 2 aliphatic rings. The fourth-order valence-electron chi connectivity index (χ4n) is 4.15. The van der Waals surface area contributed by atoms with Gasteiger partial charge in [0.2, 0.25) is 5.96 Å². The van der Waals surface area contributed by atoms with Crippen LogP contribution in [0.1, 0.15) is 28.5 Å². The molecule has 1 aromatic heterocycles. The largest absolute Gasteiger partial charge is 0.320 e. The van der Waals surface area contributed by atoms with E-state index in [0.717, 1.165) is 30.3 Å². The topological polar surface area (TPSA) is 53.7 Å². The van der Waals surface area contributed by atoms with Crippen molar-refractivity contribution in [2.24, 2.45) is 4.99 Å². The number of aromatic nitrogens is 2. The van der Waals surface area contributed by atoms with Crippen LogP contribution in [0.4, 0.5) is 5.82 Å². The van der Waals surface area contributed by atoms with Crippen LogP contribution in [0.25, 0.3) is 0 Å². The van der Waals surface area contributed by atoms with Crippen LogP contribution in [0, 0.1) is 0 Å². The lowest BCUT2D eigenvalue weighted by molar-refractivity contribution is 0.0836. The Morgan fingerprint density at radius 2 is 1.69 bits per heavy atom. The van der Waals surface area contributed by atoms with Gasteiger partial charge in [0.05, 0.1) is 18.9 Å². The minimum Gasteiger partial charge on any atom is -0.320 e. The molecule has 0 spiro atoms. The number of benzene rings is 2. The van der Waals surface area contributed by atoms with Crippen molar-refractivity contribution in [3.8, 4) is 0 Å². The van der Waals surface area contributed by atoms with Crippen molar-refractivity contribution in [3.05, 3.63) is 83.8 Å². The summed E-state index contributed by atoms with van der Waals surface area (Å²) in [5, 5.41) is 0. The van der Waals surface area contributed by atoms with Crippen LogP contribution < -0.4 is 4.90 Å². The van der Waals surface area contributed by atoms with Crippen LogP contribution in [0.2, 0.25) is 0 Å². The highest BCUT2D eigenvalue weighted by Crippen LogP contribution is 2.32. The molecular formula is C23H23N5O. The maximum atomic E-state index is 13.3. The molecule has 3 heterocycles. The van der Waals surface area contributed by atoms with Gasteiger partial charge >= 0.3 is 0 Å². The summed E-state index contributed by atoms with van der Waals surface area (Å²) in [6.45, 7) is 3.94. The minimum atomic E-state index is -0.0220. The highest BCUT2D eigenvalue weighted by atomic mass is 16.2. The molecule has 6 heteroatoms. The van der Waals surface area contributed by atoms with E-state index in [0.29, 0.717) is 18.8 Å². The van der Waals surface area contributed by atoms with Crippen molar-refractivity contribution in [1.29, 1.82) is 0 Å². The monoisotopic (exact) mass is 385 g/mol. The van der Waals surface area contributed by atoms with E-state index in [2.05, 4.69) is 46.3 Å². The van der Waals surface area contributed by atoms with Gasteiger partial charge in [0, 0.05) is 13.1 Å². The zero-order valence-electron chi connectivity index (χ0n) is 16.4. The van der Waals surface area contributed by atoms with E-state index in [1.807, 2.05) is 35.8 Å². The number of hydrogen-bond acceptors (Lipinski definition) is 4. The lowest BCUT2D eigenvalue weighted by atomic mass is 10.1. The van der Waals surface area contributed by atoms with E-state index in [4.69, 9.17) is 4.99 Å². The number of carbonyl (C=O) groups excluding carboxylic acids is 1. The number of carbonyl (C=O) groups is 1. The lowest BCUT2D eigenvalue weighted by Gasteiger charge is -2.33. The number of aliphatic imine (C=N–C) groups is 1. The summed E-state index contributed by atoms with van der Waals surface area (Å²) in [5.74, 6) is 1.44. The molecule has 2 aliphatic heterocycles. The van der Waals surface area contributed by atoms with Gasteiger partial charge in [-0.3, -0.25) is 14.6 Å². The third kappa shape index (κ3) is 3.10. The Bertz CT molecular complexity index is 1060. The van der Waals surface area contributed by atoms with Gasteiger partial charge in [-0.1, -0.05) is 60.7 Å². The highest BCUT2D eigenvalue weighted by molar-refractivity contribution is 6.18. The predicted octanol–water partition coefficient (Wildman–Crippen LogP) is 3.19. The van der Waals surface area contributed by atoms with E-state index in [1.165, 1.54) is 5.56 Å². The first-order valence-corrected chi connectivity index (χ1v) is 10.0. The number of amides is 1. The van der Waals surface area contributed by atoms with Crippen molar-refractivity contribution < 1.29 is 4.79 Å². The summed E-state index contributed by atoms with van der Waals surface area (Å²) in [7, 11) is 0. The maximum Gasteiger partial charge on any atom is 0.281 e. The first-order valence-electron chi connectivity index (χ1n) is 10.0. The minimum absolute atomic E-state index is 0.0220. The number of anilines is 1. The summed E-state index contributed by atoms with van der Waals surface area (Å²) in [5.41, 5.74) is 3.05. The van der Waals surface area contributed by atoms with Gasteiger partial charge in [-0.25, -0.2) is 9.98 Å². The first-order chi connectivity index (χ1) is 14.2. The Balaban J connectivity index is 1.47. The van der Waals surface area contributed by atoms with Gasteiger partial charge < -0.3 is 4.57 Å². The average Bonchev–Trinajstić information content (AvgIpc) is 3.34. The molecular weight excluding hydrogens is 362 g/mol. The number of rotatable bonds is 5. The molecule has 0 unspecified atom stereocenters. The predicted molar refractivity (Wildman–Crippen MR) is 113 cm³/mol. The fraction of sp³-hybridized carbons (Fsp3) is 0.261. The summed E-state index contributed by atoms with van der Waals surface area (Å²) < 4.78 is 1.96. The third-order valence-electron chi connectivity index (χ3n) is 5.52. The van der Waals surface area contributed by atoms with Gasteiger partial charge in [0.15, 0.2) is 11.5 Å². The second-order valence-electron chi connectivity index (χ2n) is 7.46. The molecule has 146 valence electrons. The molecule has 6 nitrogen and oxygen atoms in total. The lowest BCUT2D eigenvalue weighted by Crippen LogP contribution is -2.50. The smallest absolute Gasteiger partial charge is 0.281 e. The van der Waals surface area contributed by atoms with Gasteiger partial charge in [-0.05, 0) is 24.5 Å². The standard InChI is InChI=1S/C23H23N5O/c1-2-27-22(29)20-21(24-16-26(20)14-18-11-7-4-8-12-18)28-15-19(25-23(27)28)13-17-9-5-3-6-10-17/h3-12,16,19H,2,13-15H2,1H3/t19-/m1/s1. The zero-order valence-corrected chi connectivity index (χ0v) is 16.4. The van der Waals surface area contributed by atoms with Crippen LogP contribution in [-0.4, -0.2) is 45.4 Å². The van der Waals surface area contributed by atoms with E-state index in [1.54, 1.807) is 11.2 Å². The van der Waals surface area contributed by atoms with Gasteiger partial charge in [-0.2, -0.15) is 0 Å². The second kappa shape index (κ2) is 7.20. The Labute approximate surface area is 170 Å². The normalized spacial score (nSPS) is 17.9. The SMILES string of the molecule is CCN1C(=O)c2c(ncn2Cc2ccccc2)N2C[C@@H](Cc3ccccc3)N=C12. The summed E-state index contributed by atoms with van der Waals surface area (Å²) in [6, 6.07) is 20.6. The number of hydrogen-bond donors (Lipinski definition) is 0. The molecule has 5 rings (SSSR count). The Hall–Kier alpha value is -3.41. The maximum absolute atomic E-state index is 13.3. The van der Waals surface area contributed by atoms with E-state index < -0.39 is 0 Å². The second-order valence-corrected chi connectivity index (χ2v) is 7.46.